The van der Waals surface area contributed by atoms with Gasteiger partial charge >= 0.3 is 0 Å². The predicted molar refractivity (Wildman–Crippen MR) is 82.4 cm³/mol. The van der Waals surface area contributed by atoms with Crippen LogP contribution in [0.5, 0.6) is 0 Å². The summed E-state index contributed by atoms with van der Waals surface area (Å²) in [4.78, 5) is 11.9. The summed E-state index contributed by atoms with van der Waals surface area (Å²) in [5, 5.41) is 2.85. The Morgan fingerprint density at radius 2 is 1.95 bits per heavy atom. The van der Waals surface area contributed by atoms with Gasteiger partial charge in [-0.2, -0.15) is 12.7 Å². The third-order valence-electron chi connectivity index (χ3n) is 3.75. The minimum Gasteiger partial charge on any atom is -0.325 e. The van der Waals surface area contributed by atoms with Crippen LogP contribution in [0.2, 0.25) is 0 Å². The van der Waals surface area contributed by atoms with Gasteiger partial charge < -0.3 is 5.32 Å². The zero-order chi connectivity index (χ0) is 15.8. The third-order valence-corrected chi connectivity index (χ3v) is 5.28. The third kappa shape index (κ3) is 3.09. The molecule has 1 aromatic rings. The second-order valence-corrected chi connectivity index (χ2v) is 7.86. The van der Waals surface area contributed by atoms with Crippen molar-refractivity contribution in [3.8, 4) is 0 Å². The molecule has 0 aliphatic carbocycles. The van der Waals surface area contributed by atoms with E-state index in [9.17, 15) is 13.2 Å². The average Bonchev–Trinajstić information content (AvgIpc) is 2.60. The number of carbonyl (C=O) groups is 1. The van der Waals surface area contributed by atoms with Crippen molar-refractivity contribution in [2.45, 2.75) is 25.7 Å². The molecule has 0 saturated carbocycles. The van der Waals surface area contributed by atoms with Crippen molar-refractivity contribution in [2.75, 3.05) is 26.0 Å². The zero-order valence-electron chi connectivity index (χ0n) is 12.7. The van der Waals surface area contributed by atoms with Crippen LogP contribution in [0.25, 0.3) is 0 Å². The summed E-state index contributed by atoms with van der Waals surface area (Å²) in [6.45, 7) is 4.08. The molecule has 0 fully saturated rings. The molecule has 1 heterocycles. The molecule has 1 aliphatic rings. The van der Waals surface area contributed by atoms with Gasteiger partial charge in [0.05, 0.1) is 5.41 Å². The normalized spacial score (nSPS) is 16.9. The highest BCUT2D eigenvalue weighted by Crippen LogP contribution is 2.37. The van der Waals surface area contributed by atoms with Crippen LogP contribution in [0.3, 0.4) is 0 Å². The average molecular weight is 311 g/mol. The van der Waals surface area contributed by atoms with Gasteiger partial charge in [-0.3, -0.25) is 4.79 Å². The smallest absolute Gasteiger partial charge is 0.278 e. The van der Waals surface area contributed by atoms with Crippen molar-refractivity contribution < 1.29 is 13.2 Å². The summed E-state index contributed by atoms with van der Waals surface area (Å²) in [6, 6.07) is 5.75. The highest BCUT2D eigenvalue weighted by molar-refractivity contribution is 7.87. The van der Waals surface area contributed by atoms with Gasteiger partial charge in [-0.25, -0.2) is 4.72 Å². The summed E-state index contributed by atoms with van der Waals surface area (Å²) in [7, 11) is -0.427. The van der Waals surface area contributed by atoms with E-state index in [1.807, 2.05) is 32.0 Å². The van der Waals surface area contributed by atoms with Crippen LogP contribution >= 0.6 is 0 Å². The molecule has 0 spiro atoms. The van der Waals surface area contributed by atoms with E-state index in [0.29, 0.717) is 13.0 Å². The van der Waals surface area contributed by atoms with Crippen LogP contribution in [0.15, 0.2) is 18.2 Å². The van der Waals surface area contributed by atoms with E-state index in [2.05, 4.69) is 10.0 Å². The second kappa shape index (κ2) is 5.40. The Balaban J connectivity index is 2.08. The van der Waals surface area contributed by atoms with Gasteiger partial charge in [0, 0.05) is 26.3 Å². The minimum atomic E-state index is -3.39. The van der Waals surface area contributed by atoms with E-state index in [4.69, 9.17) is 0 Å². The Morgan fingerprint density at radius 1 is 1.29 bits per heavy atom. The molecule has 1 amide bonds. The van der Waals surface area contributed by atoms with Crippen molar-refractivity contribution in [1.29, 1.82) is 0 Å². The molecule has 0 radical (unpaired) electrons. The monoisotopic (exact) mass is 311 g/mol. The lowest BCUT2D eigenvalue weighted by molar-refractivity contribution is -0.119. The SMILES string of the molecule is CN(C)S(=O)(=O)NCCc1ccc2c(c1)C(C)(C)C(=O)N2. The first-order chi connectivity index (χ1) is 9.64. The maximum atomic E-state index is 11.9. The summed E-state index contributed by atoms with van der Waals surface area (Å²) >= 11 is 0. The molecule has 6 nitrogen and oxygen atoms in total. The first-order valence-corrected chi connectivity index (χ1v) is 8.20. The van der Waals surface area contributed by atoms with Gasteiger partial charge in [-0.1, -0.05) is 12.1 Å². The van der Waals surface area contributed by atoms with Gasteiger partial charge in [0.2, 0.25) is 5.91 Å². The Kier molecular flexibility index (Phi) is 4.10. The van der Waals surface area contributed by atoms with Gasteiger partial charge in [0.1, 0.15) is 0 Å². The number of hydrogen-bond acceptors (Lipinski definition) is 3. The molecule has 0 unspecified atom stereocenters. The molecule has 1 aromatic carbocycles. The maximum Gasteiger partial charge on any atom is 0.278 e. The summed E-state index contributed by atoms with van der Waals surface area (Å²) < 4.78 is 26.9. The summed E-state index contributed by atoms with van der Waals surface area (Å²) in [5.41, 5.74) is 2.25. The molecule has 21 heavy (non-hydrogen) atoms. The molecule has 2 rings (SSSR count). The molecule has 1 aliphatic heterocycles. The maximum absolute atomic E-state index is 11.9. The summed E-state index contributed by atoms with van der Waals surface area (Å²) in [5.74, 6) is -0.0111. The summed E-state index contributed by atoms with van der Waals surface area (Å²) in [6.07, 6.45) is 0.574. The van der Waals surface area contributed by atoms with Crippen molar-refractivity contribution in [1.82, 2.24) is 9.03 Å². The Morgan fingerprint density at radius 3 is 2.57 bits per heavy atom. The number of hydrogen-bond donors (Lipinski definition) is 2. The molecular weight excluding hydrogens is 290 g/mol. The molecular formula is C14H21N3O3S. The van der Waals surface area contributed by atoms with Crippen LogP contribution in [0.4, 0.5) is 5.69 Å². The van der Waals surface area contributed by atoms with Crippen molar-refractivity contribution in [3.05, 3.63) is 29.3 Å². The standard InChI is InChI=1S/C14H21N3O3S/c1-14(2)11-9-10(5-6-12(11)16-13(14)18)7-8-15-21(19,20)17(3)4/h5-6,9,15H,7-8H2,1-4H3,(H,16,18). The highest BCUT2D eigenvalue weighted by Gasteiger charge is 2.38. The molecule has 0 atom stereocenters. The number of nitrogens with zero attached hydrogens (tertiary/aromatic N) is 1. The first kappa shape index (κ1) is 15.9. The number of fused-ring (bicyclic) bond motifs is 1. The quantitative estimate of drug-likeness (QED) is 0.846. The molecule has 0 aromatic heterocycles. The van der Waals surface area contributed by atoms with Crippen molar-refractivity contribution >= 4 is 21.8 Å². The fraction of sp³-hybridized carbons (Fsp3) is 0.500. The van der Waals surface area contributed by atoms with Crippen LogP contribution in [0, 0.1) is 0 Å². The molecule has 7 heteroatoms. The number of rotatable bonds is 5. The topological polar surface area (TPSA) is 78.5 Å². The number of anilines is 1. The Bertz CT molecular complexity index is 666. The van der Waals surface area contributed by atoms with E-state index in [1.54, 1.807) is 0 Å². The highest BCUT2D eigenvalue weighted by atomic mass is 32.2. The van der Waals surface area contributed by atoms with Crippen LogP contribution in [0.1, 0.15) is 25.0 Å². The van der Waals surface area contributed by atoms with Crippen LogP contribution in [-0.4, -0.2) is 39.3 Å². The fourth-order valence-corrected chi connectivity index (χ4v) is 2.85. The van der Waals surface area contributed by atoms with Gasteiger partial charge in [-0.15, -0.1) is 0 Å². The van der Waals surface area contributed by atoms with Gasteiger partial charge in [0.25, 0.3) is 10.2 Å². The fourth-order valence-electron chi connectivity index (χ4n) is 2.23. The lowest BCUT2D eigenvalue weighted by Crippen LogP contribution is -2.36. The molecule has 116 valence electrons. The molecule has 0 saturated heterocycles. The van der Waals surface area contributed by atoms with Crippen molar-refractivity contribution in [3.63, 3.8) is 0 Å². The number of benzene rings is 1. The Hall–Kier alpha value is -1.44. The molecule has 0 bridgehead atoms. The van der Waals surface area contributed by atoms with E-state index in [1.165, 1.54) is 14.1 Å². The Labute approximate surface area is 125 Å². The lowest BCUT2D eigenvalue weighted by Gasteiger charge is -2.16. The number of amides is 1. The number of nitrogens with one attached hydrogen (secondary N) is 2. The van der Waals surface area contributed by atoms with Crippen LogP contribution in [-0.2, 0) is 26.8 Å². The van der Waals surface area contributed by atoms with E-state index in [-0.39, 0.29) is 5.91 Å². The largest absolute Gasteiger partial charge is 0.325 e. The number of carbonyl (C=O) groups excluding carboxylic acids is 1. The molecule has 2 N–H and O–H groups in total. The zero-order valence-corrected chi connectivity index (χ0v) is 13.5. The first-order valence-electron chi connectivity index (χ1n) is 6.76. The predicted octanol–water partition coefficient (Wildman–Crippen LogP) is 0.855. The van der Waals surface area contributed by atoms with E-state index < -0.39 is 15.6 Å². The van der Waals surface area contributed by atoms with E-state index >= 15 is 0 Å². The van der Waals surface area contributed by atoms with Crippen LogP contribution < -0.4 is 10.0 Å². The minimum absolute atomic E-state index is 0.0111. The van der Waals surface area contributed by atoms with Gasteiger partial charge in [0.15, 0.2) is 0 Å². The van der Waals surface area contributed by atoms with E-state index in [0.717, 1.165) is 21.1 Å². The second-order valence-electron chi connectivity index (χ2n) is 5.89. The van der Waals surface area contributed by atoms with Gasteiger partial charge in [-0.05, 0) is 37.5 Å². The van der Waals surface area contributed by atoms with Crippen molar-refractivity contribution in [2.24, 2.45) is 0 Å². The lowest BCUT2D eigenvalue weighted by atomic mass is 9.85.